The van der Waals surface area contributed by atoms with Crippen LogP contribution >= 0.6 is 0 Å². The first-order valence-corrected chi connectivity index (χ1v) is 8.54. The standard InChI is InChI=1S/C12H22N2O3S/c1-13-6-3-4-12(11(13)15)5-7-14(10-12)8-9-18(2,16)17/h3-10H2,1-2H3. The van der Waals surface area contributed by atoms with Crippen LogP contribution < -0.4 is 0 Å². The summed E-state index contributed by atoms with van der Waals surface area (Å²) in [5, 5.41) is 0. The molecule has 5 nitrogen and oxygen atoms in total. The van der Waals surface area contributed by atoms with Crippen LogP contribution in [0, 0.1) is 5.41 Å². The van der Waals surface area contributed by atoms with Gasteiger partial charge in [-0.05, 0) is 25.8 Å². The Kier molecular flexibility index (Phi) is 3.69. The molecule has 104 valence electrons. The molecule has 0 aromatic rings. The Morgan fingerprint density at radius 1 is 1.28 bits per heavy atom. The zero-order valence-corrected chi connectivity index (χ0v) is 12.0. The lowest BCUT2D eigenvalue weighted by molar-refractivity contribution is -0.143. The van der Waals surface area contributed by atoms with Gasteiger partial charge >= 0.3 is 0 Å². The van der Waals surface area contributed by atoms with E-state index in [1.807, 2.05) is 11.9 Å². The fourth-order valence-corrected chi connectivity index (χ4v) is 3.68. The van der Waals surface area contributed by atoms with Crippen molar-refractivity contribution >= 4 is 15.7 Å². The van der Waals surface area contributed by atoms with Gasteiger partial charge in [0.25, 0.3) is 0 Å². The van der Waals surface area contributed by atoms with Crippen molar-refractivity contribution in [2.45, 2.75) is 19.3 Å². The van der Waals surface area contributed by atoms with E-state index in [9.17, 15) is 13.2 Å². The number of nitrogens with zero attached hydrogens (tertiary/aromatic N) is 2. The monoisotopic (exact) mass is 274 g/mol. The summed E-state index contributed by atoms with van der Waals surface area (Å²) >= 11 is 0. The molecule has 1 amide bonds. The Bertz CT molecular complexity index is 435. The second-order valence-electron chi connectivity index (χ2n) is 5.77. The van der Waals surface area contributed by atoms with E-state index in [0.717, 1.165) is 38.9 Å². The summed E-state index contributed by atoms with van der Waals surface area (Å²) in [6.07, 6.45) is 4.14. The first-order chi connectivity index (χ1) is 8.32. The Morgan fingerprint density at radius 2 is 2.00 bits per heavy atom. The molecule has 18 heavy (non-hydrogen) atoms. The number of amides is 1. The van der Waals surface area contributed by atoms with Crippen molar-refractivity contribution in [3.05, 3.63) is 0 Å². The first-order valence-electron chi connectivity index (χ1n) is 6.48. The van der Waals surface area contributed by atoms with Crippen LogP contribution in [0.5, 0.6) is 0 Å². The quantitative estimate of drug-likeness (QED) is 0.725. The summed E-state index contributed by atoms with van der Waals surface area (Å²) in [5.74, 6) is 0.434. The molecule has 0 aromatic carbocycles. The molecule has 2 rings (SSSR count). The molecule has 0 saturated carbocycles. The lowest BCUT2D eigenvalue weighted by Crippen LogP contribution is -2.48. The molecule has 2 aliphatic heterocycles. The van der Waals surface area contributed by atoms with Crippen LogP contribution in [0.25, 0.3) is 0 Å². The van der Waals surface area contributed by atoms with Crippen molar-refractivity contribution in [1.29, 1.82) is 0 Å². The van der Waals surface area contributed by atoms with Crippen LogP contribution in [0.4, 0.5) is 0 Å². The second-order valence-corrected chi connectivity index (χ2v) is 8.03. The van der Waals surface area contributed by atoms with Gasteiger partial charge in [0, 0.05) is 32.9 Å². The van der Waals surface area contributed by atoms with Gasteiger partial charge in [-0.1, -0.05) is 0 Å². The highest BCUT2D eigenvalue weighted by Gasteiger charge is 2.47. The SMILES string of the molecule is CN1CCCC2(CCN(CCS(C)(=O)=O)C2)C1=O. The Hall–Kier alpha value is -0.620. The summed E-state index contributed by atoms with van der Waals surface area (Å²) in [7, 11) is -1.05. The Labute approximate surface area is 109 Å². The number of piperidine rings is 1. The van der Waals surface area contributed by atoms with Crippen LogP contribution in [0.1, 0.15) is 19.3 Å². The fraction of sp³-hybridized carbons (Fsp3) is 0.917. The normalized spacial score (nSPS) is 30.3. The summed E-state index contributed by atoms with van der Waals surface area (Å²) in [4.78, 5) is 16.2. The third kappa shape index (κ3) is 2.85. The molecule has 2 saturated heterocycles. The van der Waals surface area contributed by atoms with Gasteiger partial charge in [0.1, 0.15) is 9.84 Å². The maximum absolute atomic E-state index is 12.3. The van der Waals surface area contributed by atoms with Crippen LogP contribution in [-0.2, 0) is 14.6 Å². The van der Waals surface area contributed by atoms with Gasteiger partial charge in [0.2, 0.25) is 5.91 Å². The molecular weight excluding hydrogens is 252 g/mol. The van der Waals surface area contributed by atoms with Gasteiger partial charge in [-0.2, -0.15) is 0 Å². The lowest BCUT2D eigenvalue weighted by Gasteiger charge is -2.37. The van der Waals surface area contributed by atoms with Crippen molar-refractivity contribution in [3.63, 3.8) is 0 Å². The minimum absolute atomic E-state index is 0.188. The van der Waals surface area contributed by atoms with E-state index in [2.05, 4.69) is 4.90 Å². The Balaban J connectivity index is 1.96. The van der Waals surface area contributed by atoms with Crippen LogP contribution in [0.2, 0.25) is 0 Å². The molecule has 1 atom stereocenters. The highest BCUT2D eigenvalue weighted by Crippen LogP contribution is 2.39. The van der Waals surface area contributed by atoms with Crippen molar-refractivity contribution in [3.8, 4) is 0 Å². The van der Waals surface area contributed by atoms with Crippen molar-refractivity contribution in [2.75, 3.05) is 45.2 Å². The van der Waals surface area contributed by atoms with E-state index in [1.165, 1.54) is 6.26 Å². The van der Waals surface area contributed by atoms with Crippen molar-refractivity contribution in [1.82, 2.24) is 9.80 Å². The third-order valence-corrected chi connectivity index (χ3v) is 5.08. The third-order valence-electron chi connectivity index (χ3n) is 4.16. The predicted octanol–water partition coefficient (Wildman–Crippen LogP) is -0.0247. The largest absolute Gasteiger partial charge is 0.345 e. The maximum atomic E-state index is 12.3. The smallest absolute Gasteiger partial charge is 0.229 e. The number of carbonyl (C=O) groups is 1. The number of rotatable bonds is 3. The van der Waals surface area contributed by atoms with E-state index in [4.69, 9.17) is 0 Å². The molecule has 0 N–H and O–H groups in total. The van der Waals surface area contributed by atoms with Crippen molar-refractivity contribution < 1.29 is 13.2 Å². The molecule has 1 unspecified atom stereocenters. The summed E-state index contributed by atoms with van der Waals surface area (Å²) in [6, 6.07) is 0. The summed E-state index contributed by atoms with van der Waals surface area (Å²) in [6.45, 7) is 2.97. The average Bonchev–Trinajstić information content (AvgIpc) is 2.67. The van der Waals surface area contributed by atoms with Gasteiger partial charge in [0.15, 0.2) is 0 Å². The average molecular weight is 274 g/mol. The number of likely N-dealkylation sites (tertiary alicyclic amines) is 2. The molecule has 6 heteroatoms. The molecule has 0 radical (unpaired) electrons. The van der Waals surface area contributed by atoms with Crippen LogP contribution in [0.3, 0.4) is 0 Å². The van der Waals surface area contributed by atoms with Gasteiger partial charge in [0.05, 0.1) is 11.2 Å². The molecule has 2 heterocycles. The number of hydrogen-bond donors (Lipinski definition) is 0. The van der Waals surface area contributed by atoms with E-state index in [-0.39, 0.29) is 17.1 Å². The lowest BCUT2D eigenvalue weighted by atomic mass is 9.78. The molecule has 0 bridgehead atoms. The maximum Gasteiger partial charge on any atom is 0.229 e. The minimum Gasteiger partial charge on any atom is -0.345 e. The van der Waals surface area contributed by atoms with Crippen molar-refractivity contribution in [2.24, 2.45) is 5.41 Å². The highest BCUT2D eigenvalue weighted by molar-refractivity contribution is 7.90. The fourth-order valence-electron chi connectivity index (χ4n) is 3.09. The molecule has 0 aromatic heterocycles. The zero-order valence-electron chi connectivity index (χ0n) is 11.2. The van der Waals surface area contributed by atoms with Crippen LogP contribution in [0.15, 0.2) is 0 Å². The second kappa shape index (κ2) is 4.81. The van der Waals surface area contributed by atoms with E-state index < -0.39 is 9.84 Å². The number of hydrogen-bond acceptors (Lipinski definition) is 4. The van der Waals surface area contributed by atoms with Gasteiger partial charge in [-0.3, -0.25) is 4.79 Å². The highest BCUT2D eigenvalue weighted by atomic mass is 32.2. The summed E-state index contributed by atoms with van der Waals surface area (Å²) in [5.41, 5.74) is -0.232. The molecule has 2 aliphatic rings. The minimum atomic E-state index is -2.92. The number of carbonyl (C=O) groups excluding carboxylic acids is 1. The number of sulfone groups is 1. The Morgan fingerprint density at radius 3 is 2.67 bits per heavy atom. The van der Waals surface area contributed by atoms with Gasteiger partial charge in [-0.15, -0.1) is 0 Å². The predicted molar refractivity (Wildman–Crippen MR) is 70.1 cm³/mol. The first kappa shape index (κ1) is 13.8. The van der Waals surface area contributed by atoms with E-state index in [1.54, 1.807) is 0 Å². The summed E-state index contributed by atoms with van der Waals surface area (Å²) < 4.78 is 22.3. The molecule has 1 spiro atoms. The van der Waals surface area contributed by atoms with Gasteiger partial charge < -0.3 is 9.80 Å². The van der Waals surface area contributed by atoms with Crippen LogP contribution in [-0.4, -0.2) is 69.4 Å². The van der Waals surface area contributed by atoms with E-state index in [0.29, 0.717) is 6.54 Å². The molecule has 2 fully saturated rings. The topological polar surface area (TPSA) is 57.7 Å². The molecule has 0 aliphatic carbocycles. The molecular formula is C12H22N2O3S. The van der Waals surface area contributed by atoms with Gasteiger partial charge in [-0.25, -0.2) is 8.42 Å². The van der Waals surface area contributed by atoms with E-state index >= 15 is 0 Å². The zero-order chi connectivity index (χ0) is 13.4.